The molecule has 0 saturated carbocycles. The van der Waals surface area contributed by atoms with Gasteiger partial charge in [0.15, 0.2) is 0 Å². The summed E-state index contributed by atoms with van der Waals surface area (Å²) in [5, 5.41) is 0. The maximum absolute atomic E-state index is 5.60. The molecular weight excluding hydrogens is 112 g/mol. The van der Waals surface area contributed by atoms with Gasteiger partial charge < -0.3 is 5.73 Å². The summed E-state index contributed by atoms with van der Waals surface area (Å²) in [5.74, 6) is 0. The first-order valence-electron chi connectivity index (χ1n) is 3.64. The van der Waals surface area contributed by atoms with Crippen LogP contribution in [0.3, 0.4) is 0 Å². The number of unbranched alkanes of at least 4 members (excludes halogenated alkanes) is 1. The van der Waals surface area contributed by atoms with Gasteiger partial charge in [-0.3, -0.25) is 4.90 Å². The van der Waals surface area contributed by atoms with Gasteiger partial charge in [0, 0.05) is 0 Å². The quantitative estimate of drug-likeness (QED) is 0.576. The second-order valence-electron chi connectivity index (χ2n) is 2.57. The van der Waals surface area contributed by atoms with Crippen LogP contribution in [0, 0.1) is 0 Å². The van der Waals surface area contributed by atoms with E-state index in [0.29, 0.717) is 0 Å². The Morgan fingerprint density at radius 2 is 2.11 bits per heavy atom. The molecule has 0 bridgehead atoms. The fraction of sp³-hybridized carbons (Fsp3) is 1.00. The molecule has 0 aliphatic heterocycles. The molecule has 0 aromatic rings. The van der Waals surface area contributed by atoms with Crippen molar-refractivity contribution in [3.05, 3.63) is 0 Å². The monoisotopic (exact) mass is 130 g/mol. The third kappa shape index (κ3) is 4.43. The van der Waals surface area contributed by atoms with Gasteiger partial charge in [0.25, 0.3) is 0 Å². The average molecular weight is 130 g/mol. The Morgan fingerprint density at radius 3 is 2.44 bits per heavy atom. The lowest BCUT2D eigenvalue weighted by molar-refractivity contribution is 0.259. The highest BCUT2D eigenvalue weighted by molar-refractivity contribution is 4.53. The Labute approximate surface area is 58.0 Å². The van der Waals surface area contributed by atoms with Crippen LogP contribution in [0.25, 0.3) is 0 Å². The van der Waals surface area contributed by atoms with Crippen LogP contribution in [-0.4, -0.2) is 24.7 Å². The number of nitrogens with two attached hydrogens (primary N) is 1. The molecule has 0 aliphatic rings. The first kappa shape index (κ1) is 8.92. The van der Waals surface area contributed by atoms with Crippen molar-refractivity contribution in [2.75, 3.05) is 13.6 Å². The molecule has 0 saturated heterocycles. The lowest BCUT2D eigenvalue weighted by Gasteiger charge is -2.19. The van der Waals surface area contributed by atoms with Crippen molar-refractivity contribution in [1.29, 1.82) is 0 Å². The van der Waals surface area contributed by atoms with E-state index in [9.17, 15) is 0 Å². The fourth-order valence-electron chi connectivity index (χ4n) is 0.611. The summed E-state index contributed by atoms with van der Waals surface area (Å²) in [6.45, 7) is 5.32. The third-order valence-corrected chi connectivity index (χ3v) is 1.56. The first-order chi connectivity index (χ1) is 4.18. The summed E-state index contributed by atoms with van der Waals surface area (Å²) in [4.78, 5) is 2.16. The zero-order valence-electron chi connectivity index (χ0n) is 6.72. The molecule has 0 radical (unpaired) electrons. The van der Waals surface area contributed by atoms with Gasteiger partial charge in [-0.25, -0.2) is 0 Å². The second kappa shape index (κ2) is 4.77. The molecule has 1 atom stereocenters. The van der Waals surface area contributed by atoms with Crippen molar-refractivity contribution in [1.82, 2.24) is 4.90 Å². The van der Waals surface area contributed by atoms with E-state index in [-0.39, 0.29) is 6.17 Å². The van der Waals surface area contributed by atoms with Gasteiger partial charge in [-0.15, -0.1) is 0 Å². The van der Waals surface area contributed by atoms with E-state index in [2.05, 4.69) is 18.9 Å². The minimum atomic E-state index is 0.205. The predicted molar refractivity (Wildman–Crippen MR) is 41.2 cm³/mol. The molecule has 0 rings (SSSR count). The Bertz CT molecular complexity index is 61.9. The molecule has 0 amide bonds. The molecule has 0 fully saturated rings. The molecule has 56 valence electrons. The van der Waals surface area contributed by atoms with Crippen molar-refractivity contribution in [2.24, 2.45) is 5.73 Å². The highest BCUT2D eigenvalue weighted by atomic mass is 15.2. The maximum atomic E-state index is 5.60. The summed E-state index contributed by atoms with van der Waals surface area (Å²) in [6, 6.07) is 0. The molecule has 0 aliphatic carbocycles. The van der Waals surface area contributed by atoms with Crippen LogP contribution in [0.4, 0.5) is 0 Å². The predicted octanol–water partition coefficient (Wildman–Crippen LogP) is 1.02. The van der Waals surface area contributed by atoms with E-state index in [1.807, 2.05) is 6.92 Å². The zero-order chi connectivity index (χ0) is 7.28. The largest absolute Gasteiger partial charge is 0.316 e. The summed E-state index contributed by atoms with van der Waals surface area (Å²) >= 11 is 0. The number of hydrogen-bond donors (Lipinski definition) is 1. The summed E-state index contributed by atoms with van der Waals surface area (Å²) < 4.78 is 0. The third-order valence-electron chi connectivity index (χ3n) is 1.56. The van der Waals surface area contributed by atoms with Gasteiger partial charge >= 0.3 is 0 Å². The van der Waals surface area contributed by atoms with Crippen molar-refractivity contribution < 1.29 is 0 Å². The number of nitrogens with zero attached hydrogens (tertiary/aromatic N) is 1. The molecule has 0 heterocycles. The van der Waals surface area contributed by atoms with Crippen LogP contribution in [-0.2, 0) is 0 Å². The Hall–Kier alpha value is -0.0800. The molecule has 2 nitrogen and oxygen atoms in total. The van der Waals surface area contributed by atoms with E-state index in [4.69, 9.17) is 5.73 Å². The van der Waals surface area contributed by atoms with Crippen LogP contribution >= 0.6 is 0 Å². The van der Waals surface area contributed by atoms with Crippen LogP contribution in [0.1, 0.15) is 26.7 Å². The smallest absolute Gasteiger partial charge is 0.0540 e. The van der Waals surface area contributed by atoms with Crippen LogP contribution < -0.4 is 5.73 Å². The SMILES string of the molecule is CCCCN(C)[C@@H](C)N. The first-order valence-corrected chi connectivity index (χ1v) is 3.64. The normalized spacial score (nSPS) is 14.3. The number of hydrogen-bond acceptors (Lipinski definition) is 2. The van der Waals surface area contributed by atoms with Crippen LogP contribution in [0.15, 0.2) is 0 Å². The van der Waals surface area contributed by atoms with Crippen molar-refractivity contribution in [3.63, 3.8) is 0 Å². The highest BCUT2D eigenvalue weighted by Gasteiger charge is 1.99. The highest BCUT2D eigenvalue weighted by Crippen LogP contribution is 1.92. The summed E-state index contributed by atoms with van der Waals surface area (Å²) in [7, 11) is 2.06. The summed E-state index contributed by atoms with van der Waals surface area (Å²) in [5.41, 5.74) is 5.60. The van der Waals surface area contributed by atoms with Crippen LogP contribution in [0.5, 0.6) is 0 Å². The van der Waals surface area contributed by atoms with Gasteiger partial charge in [0.1, 0.15) is 0 Å². The van der Waals surface area contributed by atoms with Gasteiger partial charge in [-0.05, 0) is 26.9 Å². The van der Waals surface area contributed by atoms with Crippen molar-refractivity contribution in [3.8, 4) is 0 Å². The van der Waals surface area contributed by atoms with Crippen molar-refractivity contribution >= 4 is 0 Å². The van der Waals surface area contributed by atoms with Crippen molar-refractivity contribution in [2.45, 2.75) is 32.9 Å². The Kier molecular flexibility index (Phi) is 4.72. The van der Waals surface area contributed by atoms with Gasteiger partial charge in [0.2, 0.25) is 0 Å². The molecule has 2 heteroatoms. The fourth-order valence-corrected chi connectivity index (χ4v) is 0.611. The molecule has 0 aromatic carbocycles. The van der Waals surface area contributed by atoms with E-state index < -0.39 is 0 Å². The maximum Gasteiger partial charge on any atom is 0.0540 e. The van der Waals surface area contributed by atoms with E-state index >= 15 is 0 Å². The van der Waals surface area contributed by atoms with Gasteiger partial charge in [-0.1, -0.05) is 13.3 Å². The zero-order valence-corrected chi connectivity index (χ0v) is 6.72. The topological polar surface area (TPSA) is 29.3 Å². The molecule has 9 heavy (non-hydrogen) atoms. The average Bonchev–Trinajstić information content (AvgIpc) is 1.82. The minimum absolute atomic E-state index is 0.205. The Balaban J connectivity index is 3.16. The Morgan fingerprint density at radius 1 is 1.56 bits per heavy atom. The summed E-state index contributed by atoms with van der Waals surface area (Å²) in [6.07, 6.45) is 2.70. The lowest BCUT2D eigenvalue weighted by atomic mass is 10.3. The van der Waals surface area contributed by atoms with E-state index in [0.717, 1.165) is 6.54 Å². The van der Waals surface area contributed by atoms with Gasteiger partial charge in [-0.2, -0.15) is 0 Å². The van der Waals surface area contributed by atoms with Crippen LogP contribution in [0.2, 0.25) is 0 Å². The second-order valence-corrected chi connectivity index (χ2v) is 2.57. The van der Waals surface area contributed by atoms with E-state index in [1.54, 1.807) is 0 Å². The molecule has 0 aromatic heterocycles. The molecule has 0 spiro atoms. The minimum Gasteiger partial charge on any atom is -0.316 e. The molecule has 2 N–H and O–H groups in total. The molecule has 0 unspecified atom stereocenters. The lowest BCUT2D eigenvalue weighted by Crippen LogP contribution is -2.36. The number of rotatable bonds is 4. The van der Waals surface area contributed by atoms with Gasteiger partial charge in [0.05, 0.1) is 6.17 Å². The van der Waals surface area contributed by atoms with E-state index in [1.165, 1.54) is 12.8 Å². The molecular formula is C7H18N2. The standard InChI is InChI=1S/C7H18N2/c1-4-5-6-9(3)7(2)8/h7H,4-6,8H2,1-3H3/t7-/m0/s1.